The van der Waals surface area contributed by atoms with Crippen molar-refractivity contribution >= 4 is 5.91 Å². The van der Waals surface area contributed by atoms with Gasteiger partial charge in [0.25, 0.3) is 5.91 Å². The molecule has 6 heteroatoms. The summed E-state index contributed by atoms with van der Waals surface area (Å²) < 4.78 is 18.7. The Labute approximate surface area is 151 Å². The van der Waals surface area contributed by atoms with E-state index in [2.05, 4.69) is 15.3 Å². The molecular weight excluding hydrogens is 333 g/mol. The molecule has 3 aromatic rings. The van der Waals surface area contributed by atoms with Gasteiger partial charge in [0.1, 0.15) is 17.4 Å². The molecule has 0 bridgehead atoms. The van der Waals surface area contributed by atoms with Crippen LogP contribution in [0.15, 0.2) is 59.5 Å². The third kappa shape index (κ3) is 4.33. The second-order valence-corrected chi connectivity index (χ2v) is 5.91. The number of nitrogens with one attached hydrogen (secondary N) is 1. The van der Waals surface area contributed by atoms with Crippen molar-refractivity contribution in [1.82, 2.24) is 15.3 Å². The summed E-state index contributed by atoms with van der Waals surface area (Å²) in [4.78, 5) is 20.5. The van der Waals surface area contributed by atoms with Crippen LogP contribution < -0.4 is 5.32 Å². The van der Waals surface area contributed by atoms with Crippen LogP contribution in [0.2, 0.25) is 0 Å². The van der Waals surface area contributed by atoms with E-state index in [9.17, 15) is 9.18 Å². The number of hydrogen-bond acceptors (Lipinski definition) is 4. The van der Waals surface area contributed by atoms with Gasteiger partial charge in [0.2, 0.25) is 0 Å². The summed E-state index contributed by atoms with van der Waals surface area (Å²) in [5.41, 5.74) is 1.37. The van der Waals surface area contributed by atoms with Gasteiger partial charge in [-0.3, -0.25) is 4.79 Å². The molecule has 1 atom stereocenters. The predicted octanol–water partition coefficient (Wildman–Crippen LogP) is 3.72. The topological polar surface area (TPSA) is 68.0 Å². The van der Waals surface area contributed by atoms with Crippen molar-refractivity contribution in [2.75, 3.05) is 6.54 Å². The fourth-order valence-electron chi connectivity index (χ4n) is 2.74. The van der Waals surface area contributed by atoms with Crippen molar-refractivity contribution in [3.8, 4) is 0 Å². The van der Waals surface area contributed by atoms with E-state index in [1.807, 2.05) is 19.1 Å². The normalized spacial score (nSPS) is 11.9. The highest BCUT2D eigenvalue weighted by Gasteiger charge is 2.17. The molecule has 0 spiro atoms. The second kappa shape index (κ2) is 8.38. The van der Waals surface area contributed by atoms with Crippen molar-refractivity contribution < 1.29 is 13.6 Å². The Morgan fingerprint density at radius 2 is 1.92 bits per heavy atom. The summed E-state index contributed by atoms with van der Waals surface area (Å²) in [5.74, 6) is 0.919. The number of aromatic nitrogens is 2. The van der Waals surface area contributed by atoms with E-state index in [1.165, 1.54) is 24.5 Å². The predicted molar refractivity (Wildman–Crippen MR) is 95.3 cm³/mol. The van der Waals surface area contributed by atoms with E-state index >= 15 is 0 Å². The van der Waals surface area contributed by atoms with Gasteiger partial charge in [-0.25, -0.2) is 14.4 Å². The van der Waals surface area contributed by atoms with Gasteiger partial charge >= 0.3 is 0 Å². The molecule has 0 saturated carbocycles. The Bertz CT molecular complexity index is 831. The first-order chi connectivity index (χ1) is 12.7. The number of furan rings is 1. The molecule has 0 aliphatic rings. The van der Waals surface area contributed by atoms with Crippen LogP contribution >= 0.6 is 0 Å². The third-order valence-corrected chi connectivity index (χ3v) is 4.16. The Balaban J connectivity index is 1.64. The van der Waals surface area contributed by atoms with Gasteiger partial charge in [0.05, 0.1) is 11.8 Å². The number of aryl methyl sites for hydroxylation is 1. The maximum atomic E-state index is 13.2. The zero-order valence-corrected chi connectivity index (χ0v) is 14.5. The molecule has 3 rings (SSSR count). The lowest BCUT2D eigenvalue weighted by atomic mass is 9.93. The SMILES string of the molecule is CCc1ncc(C(=O)NCCC(c2ccc(F)cc2)c2ccco2)cn1. The smallest absolute Gasteiger partial charge is 0.254 e. The lowest BCUT2D eigenvalue weighted by molar-refractivity contribution is 0.0951. The molecule has 0 aliphatic heterocycles. The third-order valence-electron chi connectivity index (χ3n) is 4.16. The van der Waals surface area contributed by atoms with Gasteiger partial charge in [0, 0.05) is 31.3 Å². The van der Waals surface area contributed by atoms with Crippen LogP contribution in [-0.2, 0) is 6.42 Å². The summed E-state index contributed by atoms with van der Waals surface area (Å²) in [6, 6.07) is 10.0. The van der Waals surface area contributed by atoms with Crippen molar-refractivity contribution in [1.29, 1.82) is 0 Å². The lowest BCUT2D eigenvalue weighted by Crippen LogP contribution is -2.26. The molecule has 1 unspecified atom stereocenters. The van der Waals surface area contributed by atoms with Crippen LogP contribution in [0.5, 0.6) is 0 Å². The van der Waals surface area contributed by atoms with Gasteiger partial charge in [0.15, 0.2) is 0 Å². The Morgan fingerprint density at radius 1 is 1.19 bits per heavy atom. The van der Waals surface area contributed by atoms with Crippen LogP contribution in [-0.4, -0.2) is 22.4 Å². The van der Waals surface area contributed by atoms with Crippen LogP contribution in [0.4, 0.5) is 4.39 Å². The molecule has 1 amide bonds. The van der Waals surface area contributed by atoms with Gasteiger partial charge in [-0.05, 0) is 36.2 Å². The van der Waals surface area contributed by atoms with E-state index in [4.69, 9.17) is 4.42 Å². The molecule has 0 saturated heterocycles. The number of nitrogens with zero attached hydrogens (tertiary/aromatic N) is 2. The summed E-state index contributed by atoms with van der Waals surface area (Å²) in [7, 11) is 0. The summed E-state index contributed by atoms with van der Waals surface area (Å²) in [5, 5.41) is 2.88. The minimum absolute atomic E-state index is 0.0652. The zero-order chi connectivity index (χ0) is 18.4. The minimum atomic E-state index is -0.282. The first-order valence-corrected chi connectivity index (χ1v) is 8.55. The van der Waals surface area contributed by atoms with E-state index in [1.54, 1.807) is 18.4 Å². The van der Waals surface area contributed by atoms with E-state index in [0.717, 1.165) is 17.7 Å². The number of rotatable bonds is 7. The summed E-state index contributed by atoms with van der Waals surface area (Å²) in [6.45, 7) is 2.40. The van der Waals surface area contributed by atoms with Crippen molar-refractivity contribution in [3.05, 3.63) is 83.6 Å². The average Bonchev–Trinajstić information content (AvgIpc) is 3.20. The number of amides is 1. The molecule has 2 aromatic heterocycles. The number of benzene rings is 1. The van der Waals surface area contributed by atoms with E-state index < -0.39 is 0 Å². The largest absolute Gasteiger partial charge is 0.469 e. The van der Waals surface area contributed by atoms with Gasteiger partial charge in [-0.2, -0.15) is 0 Å². The van der Waals surface area contributed by atoms with Crippen LogP contribution in [0.1, 0.15) is 46.8 Å². The molecule has 0 fully saturated rings. The highest BCUT2D eigenvalue weighted by Crippen LogP contribution is 2.28. The maximum Gasteiger partial charge on any atom is 0.254 e. The van der Waals surface area contributed by atoms with Gasteiger partial charge in [-0.15, -0.1) is 0 Å². The lowest BCUT2D eigenvalue weighted by Gasteiger charge is -2.15. The fourth-order valence-corrected chi connectivity index (χ4v) is 2.74. The molecule has 1 N–H and O–H groups in total. The molecule has 1 aromatic carbocycles. The maximum absolute atomic E-state index is 13.2. The highest BCUT2D eigenvalue weighted by molar-refractivity contribution is 5.93. The first kappa shape index (κ1) is 17.8. The van der Waals surface area contributed by atoms with Crippen molar-refractivity contribution in [2.45, 2.75) is 25.7 Å². The average molecular weight is 353 g/mol. The zero-order valence-electron chi connectivity index (χ0n) is 14.5. The summed E-state index contributed by atoms with van der Waals surface area (Å²) in [6.07, 6.45) is 6.02. The number of halogens is 1. The molecule has 134 valence electrons. The molecule has 26 heavy (non-hydrogen) atoms. The number of carbonyl (C=O) groups excluding carboxylic acids is 1. The van der Waals surface area contributed by atoms with Crippen LogP contribution in [0.3, 0.4) is 0 Å². The quantitative estimate of drug-likeness (QED) is 0.703. The Hall–Kier alpha value is -3.02. The first-order valence-electron chi connectivity index (χ1n) is 8.55. The standard InChI is InChI=1S/C20H20FN3O2/c1-2-19-23-12-15(13-24-19)20(25)22-10-9-17(18-4-3-11-26-18)14-5-7-16(21)8-6-14/h3-8,11-13,17H,2,9-10H2,1H3,(H,22,25). The van der Waals surface area contributed by atoms with E-state index in [-0.39, 0.29) is 17.6 Å². The van der Waals surface area contributed by atoms with Crippen molar-refractivity contribution in [3.63, 3.8) is 0 Å². The number of hydrogen-bond donors (Lipinski definition) is 1. The Kier molecular flexibility index (Phi) is 5.73. The molecule has 2 heterocycles. The fraction of sp³-hybridized carbons (Fsp3) is 0.250. The molecule has 0 aliphatic carbocycles. The minimum Gasteiger partial charge on any atom is -0.469 e. The van der Waals surface area contributed by atoms with E-state index in [0.29, 0.717) is 24.4 Å². The molecule has 0 radical (unpaired) electrons. The van der Waals surface area contributed by atoms with Gasteiger partial charge < -0.3 is 9.73 Å². The highest BCUT2D eigenvalue weighted by atomic mass is 19.1. The van der Waals surface area contributed by atoms with Crippen LogP contribution in [0, 0.1) is 5.82 Å². The number of carbonyl (C=O) groups is 1. The van der Waals surface area contributed by atoms with Crippen LogP contribution in [0.25, 0.3) is 0 Å². The Morgan fingerprint density at radius 3 is 2.54 bits per heavy atom. The molecular formula is C20H20FN3O2. The molecule has 5 nitrogen and oxygen atoms in total. The van der Waals surface area contributed by atoms with Crippen molar-refractivity contribution in [2.24, 2.45) is 0 Å². The second-order valence-electron chi connectivity index (χ2n) is 5.91. The summed E-state index contributed by atoms with van der Waals surface area (Å²) >= 11 is 0. The monoisotopic (exact) mass is 353 g/mol. The van der Waals surface area contributed by atoms with Gasteiger partial charge in [-0.1, -0.05) is 19.1 Å².